The largest absolute Gasteiger partial charge is 0.496 e. The lowest BCUT2D eigenvalue weighted by molar-refractivity contribution is 0.123. The molecule has 0 aliphatic rings. The van der Waals surface area contributed by atoms with Crippen molar-refractivity contribution in [2.75, 3.05) is 27.3 Å². The molecule has 0 aliphatic heterocycles. The van der Waals surface area contributed by atoms with Crippen LogP contribution in [0.15, 0.2) is 72.0 Å². The normalized spacial score (nSPS) is 12.4. The molecule has 0 spiro atoms. The molecule has 2 aromatic carbocycles. The lowest BCUT2D eigenvalue weighted by Crippen LogP contribution is -2.40. The smallest absolute Gasteiger partial charge is 0.191 e. The van der Waals surface area contributed by atoms with Crippen molar-refractivity contribution >= 4 is 5.96 Å². The highest BCUT2D eigenvalue weighted by atomic mass is 16.5. The zero-order valence-corrected chi connectivity index (χ0v) is 17.7. The summed E-state index contributed by atoms with van der Waals surface area (Å²) in [6.07, 6.45) is 3.71. The van der Waals surface area contributed by atoms with Gasteiger partial charge in [-0.05, 0) is 36.8 Å². The Labute approximate surface area is 177 Å². The monoisotopic (exact) mass is 407 g/mol. The molecule has 30 heavy (non-hydrogen) atoms. The molecule has 3 aromatic rings. The highest BCUT2D eigenvalue weighted by Crippen LogP contribution is 2.18. The number of aliphatic imine (C=N–C) groups is 1. The Morgan fingerprint density at radius 3 is 2.80 bits per heavy atom. The number of hydrogen-bond acceptors (Lipinski definition) is 4. The highest BCUT2D eigenvalue weighted by Gasteiger charge is 2.09. The maximum Gasteiger partial charge on any atom is 0.191 e. The van der Waals surface area contributed by atoms with Crippen molar-refractivity contribution in [2.45, 2.75) is 19.6 Å². The molecular weight excluding hydrogens is 378 g/mol. The van der Waals surface area contributed by atoms with Crippen LogP contribution >= 0.6 is 0 Å². The van der Waals surface area contributed by atoms with Gasteiger partial charge in [0.15, 0.2) is 5.96 Å². The second-order valence-electron chi connectivity index (χ2n) is 6.78. The van der Waals surface area contributed by atoms with Crippen LogP contribution in [0.1, 0.15) is 24.1 Å². The van der Waals surface area contributed by atoms with E-state index < -0.39 is 0 Å². The average Bonchev–Trinajstić information content (AvgIpc) is 3.33. The van der Waals surface area contributed by atoms with E-state index in [-0.39, 0.29) is 6.04 Å². The number of methoxy groups -OCH3 is 1. The number of nitrogens with one attached hydrogen (secondary N) is 2. The van der Waals surface area contributed by atoms with Gasteiger partial charge in [-0.3, -0.25) is 4.99 Å². The molecular formula is C23H29N5O2. The van der Waals surface area contributed by atoms with E-state index in [0.29, 0.717) is 19.8 Å². The third-order valence-electron chi connectivity index (χ3n) is 4.70. The van der Waals surface area contributed by atoms with Gasteiger partial charge < -0.3 is 20.1 Å². The van der Waals surface area contributed by atoms with Crippen LogP contribution in [0.4, 0.5) is 0 Å². The van der Waals surface area contributed by atoms with E-state index in [1.807, 2.05) is 53.3 Å². The molecule has 1 unspecified atom stereocenters. The Hall–Kier alpha value is -3.32. The Morgan fingerprint density at radius 2 is 2.03 bits per heavy atom. The van der Waals surface area contributed by atoms with Crippen molar-refractivity contribution in [3.63, 3.8) is 0 Å². The standard InChI is InChI=1S/C23H29N5O2/c1-18(19-9-6-10-21(16-19)28-14-7-12-26-28)27-23(24-2)25-13-15-30-17-20-8-4-5-11-22(20)29-3/h4-12,14,16,18H,13,15,17H2,1-3H3,(H2,24,25,27). The fraction of sp³-hybridized carbons (Fsp3) is 0.304. The molecule has 0 saturated heterocycles. The number of para-hydroxylation sites is 1. The highest BCUT2D eigenvalue weighted by molar-refractivity contribution is 5.80. The Morgan fingerprint density at radius 1 is 1.17 bits per heavy atom. The summed E-state index contributed by atoms with van der Waals surface area (Å²) in [7, 11) is 3.43. The first-order valence-electron chi connectivity index (χ1n) is 9.98. The molecule has 0 aliphatic carbocycles. The van der Waals surface area contributed by atoms with Crippen LogP contribution in [0.3, 0.4) is 0 Å². The molecule has 0 amide bonds. The number of nitrogens with zero attached hydrogens (tertiary/aromatic N) is 3. The van der Waals surface area contributed by atoms with E-state index in [1.165, 1.54) is 0 Å². The topological polar surface area (TPSA) is 72.7 Å². The lowest BCUT2D eigenvalue weighted by atomic mass is 10.1. The molecule has 0 bridgehead atoms. The first-order chi connectivity index (χ1) is 14.7. The minimum absolute atomic E-state index is 0.0845. The van der Waals surface area contributed by atoms with Gasteiger partial charge in [-0.25, -0.2) is 4.68 Å². The van der Waals surface area contributed by atoms with Crippen molar-refractivity contribution in [3.05, 3.63) is 78.1 Å². The van der Waals surface area contributed by atoms with E-state index in [9.17, 15) is 0 Å². The minimum atomic E-state index is 0.0845. The number of benzene rings is 2. The van der Waals surface area contributed by atoms with Gasteiger partial charge in [0.1, 0.15) is 5.75 Å². The molecule has 0 fully saturated rings. The molecule has 7 nitrogen and oxygen atoms in total. The summed E-state index contributed by atoms with van der Waals surface area (Å²) in [4.78, 5) is 4.31. The number of ether oxygens (including phenoxy) is 2. The predicted molar refractivity (Wildman–Crippen MR) is 119 cm³/mol. The van der Waals surface area contributed by atoms with E-state index >= 15 is 0 Å². The average molecular weight is 408 g/mol. The van der Waals surface area contributed by atoms with Gasteiger partial charge in [-0.1, -0.05) is 30.3 Å². The molecule has 0 saturated carbocycles. The predicted octanol–water partition coefficient (Wildman–Crippen LogP) is 3.32. The van der Waals surface area contributed by atoms with Crippen LogP contribution in [0.25, 0.3) is 5.69 Å². The van der Waals surface area contributed by atoms with Crippen molar-refractivity contribution < 1.29 is 9.47 Å². The van der Waals surface area contributed by atoms with Crippen LogP contribution in [-0.4, -0.2) is 43.0 Å². The van der Waals surface area contributed by atoms with Gasteiger partial charge in [0.05, 0.1) is 32.1 Å². The summed E-state index contributed by atoms with van der Waals surface area (Å²) in [6, 6.07) is 18.2. The van der Waals surface area contributed by atoms with Gasteiger partial charge in [0.25, 0.3) is 0 Å². The van der Waals surface area contributed by atoms with Crippen LogP contribution in [0, 0.1) is 0 Å². The summed E-state index contributed by atoms with van der Waals surface area (Å²) in [5.74, 6) is 1.57. The van der Waals surface area contributed by atoms with E-state index in [4.69, 9.17) is 9.47 Å². The molecule has 7 heteroatoms. The number of guanidine groups is 1. The maximum absolute atomic E-state index is 5.77. The van der Waals surface area contributed by atoms with Crippen molar-refractivity contribution in [1.29, 1.82) is 0 Å². The third kappa shape index (κ3) is 5.84. The van der Waals surface area contributed by atoms with Gasteiger partial charge in [0, 0.05) is 31.5 Å². The zero-order valence-electron chi connectivity index (χ0n) is 17.7. The van der Waals surface area contributed by atoms with Crippen LogP contribution < -0.4 is 15.4 Å². The zero-order chi connectivity index (χ0) is 21.2. The third-order valence-corrected chi connectivity index (χ3v) is 4.70. The van der Waals surface area contributed by atoms with Crippen molar-refractivity contribution in [2.24, 2.45) is 4.99 Å². The second-order valence-corrected chi connectivity index (χ2v) is 6.78. The second kappa shape index (κ2) is 11.0. The molecule has 1 aromatic heterocycles. The minimum Gasteiger partial charge on any atom is -0.496 e. The van der Waals surface area contributed by atoms with E-state index in [1.54, 1.807) is 20.4 Å². The van der Waals surface area contributed by atoms with Gasteiger partial charge in [-0.2, -0.15) is 5.10 Å². The fourth-order valence-corrected chi connectivity index (χ4v) is 3.09. The number of aromatic nitrogens is 2. The van der Waals surface area contributed by atoms with Gasteiger partial charge >= 0.3 is 0 Å². The van der Waals surface area contributed by atoms with Gasteiger partial charge in [-0.15, -0.1) is 0 Å². The van der Waals surface area contributed by atoms with E-state index in [0.717, 1.165) is 28.5 Å². The molecule has 158 valence electrons. The van der Waals surface area contributed by atoms with E-state index in [2.05, 4.69) is 39.8 Å². The Bertz CT molecular complexity index is 940. The Balaban J connectivity index is 1.46. The molecule has 3 rings (SSSR count). The first kappa shape index (κ1) is 21.4. The number of rotatable bonds is 9. The van der Waals surface area contributed by atoms with Crippen LogP contribution in [-0.2, 0) is 11.3 Å². The molecule has 2 N–H and O–H groups in total. The molecule has 0 radical (unpaired) electrons. The lowest BCUT2D eigenvalue weighted by Gasteiger charge is -2.19. The quantitative estimate of drug-likeness (QED) is 0.323. The fourth-order valence-electron chi connectivity index (χ4n) is 3.09. The summed E-state index contributed by atoms with van der Waals surface area (Å²) >= 11 is 0. The van der Waals surface area contributed by atoms with Gasteiger partial charge in [0.2, 0.25) is 0 Å². The molecule has 1 atom stereocenters. The summed E-state index contributed by atoms with van der Waals surface area (Å²) in [5, 5.41) is 11.0. The number of hydrogen-bond donors (Lipinski definition) is 2. The summed E-state index contributed by atoms with van der Waals surface area (Å²) in [6.45, 7) is 3.82. The van der Waals surface area contributed by atoms with Crippen molar-refractivity contribution in [3.8, 4) is 11.4 Å². The SMILES string of the molecule is CN=C(NCCOCc1ccccc1OC)NC(C)c1cccc(-n2cccn2)c1. The summed E-state index contributed by atoms with van der Waals surface area (Å²) in [5.41, 5.74) is 3.21. The summed E-state index contributed by atoms with van der Waals surface area (Å²) < 4.78 is 13.0. The molecule has 1 heterocycles. The van der Waals surface area contributed by atoms with Crippen LogP contribution in [0.5, 0.6) is 5.75 Å². The maximum atomic E-state index is 5.77. The van der Waals surface area contributed by atoms with Crippen LogP contribution in [0.2, 0.25) is 0 Å². The Kier molecular flexibility index (Phi) is 7.86. The first-order valence-corrected chi connectivity index (χ1v) is 9.98. The van der Waals surface area contributed by atoms with Crippen molar-refractivity contribution in [1.82, 2.24) is 20.4 Å².